The lowest BCUT2D eigenvalue weighted by atomic mass is 10.1. The van der Waals surface area contributed by atoms with Gasteiger partial charge in [0.05, 0.1) is 11.7 Å². The average Bonchev–Trinajstić information content (AvgIpc) is 2.70. The first kappa shape index (κ1) is 18.3. The lowest BCUT2D eigenvalue weighted by Gasteiger charge is -2.14. The molecule has 2 N–H and O–H groups in total. The maximum absolute atomic E-state index is 13.7. The second-order valence-corrected chi connectivity index (χ2v) is 5.97. The number of nitrogens with one attached hydrogen (secondary N) is 2. The van der Waals surface area contributed by atoms with Crippen molar-refractivity contribution in [3.05, 3.63) is 95.6 Å². The number of pyridine rings is 1. The van der Waals surface area contributed by atoms with Crippen molar-refractivity contribution in [2.24, 2.45) is 0 Å². The lowest BCUT2D eigenvalue weighted by Crippen LogP contribution is -2.27. The summed E-state index contributed by atoms with van der Waals surface area (Å²) in [7, 11) is 0. The lowest BCUT2D eigenvalue weighted by molar-refractivity contribution is 0.0939. The molecule has 3 rings (SSSR count). The molecule has 6 heteroatoms. The molecule has 0 aliphatic rings. The van der Waals surface area contributed by atoms with Crippen LogP contribution < -0.4 is 10.6 Å². The highest BCUT2D eigenvalue weighted by atomic mass is 19.1. The van der Waals surface area contributed by atoms with Gasteiger partial charge in [-0.3, -0.25) is 14.6 Å². The van der Waals surface area contributed by atoms with Crippen LogP contribution in [0.25, 0.3) is 0 Å². The Bertz CT molecular complexity index is 960. The maximum atomic E-state index is 13.7. The van der Waals surface area contributed by atoms with Crippen LogP contribution in [0.3, 0.4) is 0 Å². The van der Waals surface area contributed by atoms with E-state index in [0.29, 0.717) is 5.56 Å². The van der Waals surface area contributed by atoms with E-state index in [-0.39, 0.29) is 23.3 Å². The number of benzene rings is 2. The highest BCUT2D eigenvalue weighted by Crippen LogP contribution is 2.15. The molecule has 1 aromatic heterocycles. The molecule has 3 aromatic rings. The third-order valence-electron chi connectivity index (χ3n) is 4.02. The Morgan fingerprint density at radius 2 is 1.67 bits per heavy atom. The van der Waals surface area contributed by atoms with Crippen LogP contribution >= 0.6 is 0 Å². The zero-order chi connectivity index (χ0) is 19.2. The van der Waals surface area contributed by atoms with Crippen LogP contribution in [0.2, 0.25) is 0 Å². The van der Waals surface area contributed by atoms with Crippen molar-refractivity contribution in [3.63, 3.8) is 0 Å². The van der Waals surface area contributed by atoms with E-state index in [0.717, 1.165) is 5.56 Å². The second kappa shape index (κ2) is 8.23. The number of hydrogen-bond acceptors (Lipinski definition) is 3. The number of carbonyl (C=O) groups is 2. The summed E-state index contributed by atoms with van der Waals surface area (Å²) in [5.41, 5.74) is 1.35. The van der Waals surface area contributed by atoms with Gasteiger partial charge in [-0.25, -0.2) is 4.39 Å². The first-order valence-corrected chi connectivity index (χ1v) is 8.42. The Hall–Kier alpha value is -3.54. The number of anilines is 1. The summed E-state index contributed by atoms with van der Waals surface area (Å²) < 4.78 is 13.7. The minimum Gasteiger partial charge on any atom is -0.346 e. The Morgan fingerprint density at radius 1 is 0.963 bits per heavy atom. The van der Waals surface area contributed by atoms with Gasteiger partial charge in [0.25, 0.3) is 11.8 Å². The van der Waals surface area contributed by atoms with E-state index >= 15 is 0 Å². The zero-order valence-corrected chi connectivity index (χ0v) is 14.6. The van der Waals surface area contributed by atoms with Gasteiger partial charge < -0.3 is 10.6 Å². The molecule has 0 fully saturated rings. The van der Waals surface area contributed by atoms with Gasteiger partial charge >= 0.3 is 0 Å². The van der Waals surface area contributed by atoms with Gasteiger partial charge in [-0.2, -0.15) is 0 Å². The Balaban J connectivity index is 1.72. The summed E-state index contributed by atoms with van der Waals surface area (Å²) >= 11 is 0. The number of amides is 2. The van der Waals surface area contributed by atoms with Crippen molar-refractivity contribution in [2.45, 2.75) is 13.0 Å². The SMILES string of the molecule is CC(NC(=O)c1ccnc(C(=O)Nc2ccccc2F)c1)c1ccccc1. The third-order valence-corrected chi connectivity index (χ3v) is 4.02. The van der Waals surface area contributed by atoms with E-state index in [4.69, 9.17) is 0 Å². The van der Waals surface area contributed by atoms with Crippen LogP contribution in [0.1, 0.15) is 39.4 Å². The number of para-hydroxylation sites is 1. The van der Waals surface area contributed by atoms with E-state index in [1.807, 2.05) is 37.3 Å². The van der Waals surface area contributed by atoms with Gasteiger partial charge in [-0.15, -0.1) is 0 Å². The number of rotatable bonds is 5. The second-order valence-electron chi connectivity index (χ2n) is 5.97. The molecular weight excluding hydrogens is 345 g/mol. The Kier molecular flexibility index (Phi) is 5.56. The van der Waals surface area contributed by atoms with Crippen LogP contribution in [0.15, 0.2) is 72.9 Å². The molecule has 2 amide bonds. The van der Waals surface area contributed by atoms with Crippen molar-refractivity contribution in [3.8, 4) is 0 Å². The smallest absolute Gasteiger partial charge is 0.274 e. The molecule has 0 spiro atoms. The third kappa shape index (κ3) is 4.55. The van der Waals surface area contributed by atoms with E-state index < -0.39 is 11.7 Å². The minimum atomic E-state index is -0.592. The normalized spacial score (nSPS) is 11.5. The van der Waals surface area contributed by atoms with Gasteiger partial charge in [-0.05, 0) is 36.8 Å². The summed E-state index contributed by atoms with van der Waals surface area (Å²) in [5.74, 6) is -1.46. The fourth-order valence-corrected chi connectivity index (χ4v) is 2.55. The van der Waals surface area contributed by atoms with Gasteiger partial charge in [0, 0.05) is 11.8 Å². The number of carbonyl (C=O) groups excluding carboxylic acids is 2. The topological polar surface area (TPSA) is 71.1 Å². The zero-order valence-electron chi connectivity index (χ0n) is 14.6. The summed E-state index contributed by atoms with van der Waals surface area (Å²) in [6.07, 6.45) is 1.37. The van der Waals surface area contributed by atoms with Gasteiger partial charge in [-0.1, -0.05) is 42.5 Å². The summed E-state index contributed by atoms with van der Waals surface area (Å²) in [4.78, 5) is 28.8. The van der Waals surface area contributed by atoms with Crippen LogP contribution in [0.5, 0.6) is 0 Å². The molecule has 0 aliphatic carbocycles. The number of halogens is 1. The molecule has 0 bridgehead atoms. The summed E-state index contributed by atoms with van der Waals surface area (Å²) in [6, 6.07) is 18.1. The van der Waals surface area contributed by atoms with Gasteiger partial charge in [0.2, 0.25) is 0 Å². The standard InChI is InChI=1S/C21H18FN3O2/c1-14(15-7-3-2-4-8-15)24-20(26)16-11-12-23-19(13-16)21(27)25-18-10-6-5-9-17(18)22/h2-14H,1H3,(H,24,26)(H,25,27). The molecule has 27 heavy (non-hydrogen) atoms. The minimum absolute atomic E-state index is 0.0262. The van der Waals surface area contributed by atoms with Gasteiger partial charge in [0.15, 0.2) is 0 Å². The average molecular weight is 363 g/mol. The quantitative estimate of drug-likeness (QED) is 0.721. The predicted molar refractivity (Wildman–Crippen MR) is 101 cm³/mol. The number of aromatic nitrogens is 1. The molecule has 0 saturated heterocycles. The number of nitrogens with zero attached hydrogens (tertiary/aromatic N) is 1. The maximum Gasteiger partial charge on any atom is 0.274 e. The Labute approximate surface area is 156 Å². The highest BCUT2D eigenvalue weighted by molar-refractivity contribution is 6.04. The van der Waals surface area contributed by atoms with Crippen molar-refractivity contribution in [1.29, 1.82) is 0 Å². The molecule has 2 aromatic carbocycles. The van der Waals surface area contributed by atoms with Crippen LogP contribution in [0, 0.1) is 5.82 Å². The van der Waals surface area contributed by atoms with Crippen LogP contribution in [-0.4, -0.2) is 16.8 Å². The molecule has 136 valence electrons. The van der Waals surface area contributed by atoms with E-state index in [9.17, 15) is 14.0 Å². The molecule has 5 nitrogen and oxygen atoms in total. The molecular formula is C21H18FN3O2. The van der Waals surface area contributed by atoms with Crippen molar-refractivity contribution in [2.75, 3.05) is 5.32 Å². The molecule has 1 atom stereocenters. The first-order chi connectivity index (χ1) is 13.0. The van der Waals surface area contributed by atoms with Crippen molar-refractivity contribution < 1.29 is 14.0 Å². The molecule has 1 heterocycles. The van der Waals surface area contributed by atoms with E-state index in [2.05, 4.69) is 15.6 Å². The first-order valence-electron chi connectivity index (χ1n) is 8.42. The molecule has 0 radical (unpaired) electrons. The fraction of sp³-hybridized carbons (Fsp3) is 0.0952. The predicted octanol–water partition coefficient (Wildman–Crippen LogP) is 3.96. The largest absolute Gasteiger partial charge is 0.346 e. The van der Waals surface area contributed by atoms with E-state index in [1.54, 1.807) is 6.07 Å². The van der Waals surface area contributed by atoms with Crippen LogP contribution in [-0.2, 0) is 0 Å². The summed E-state index contributed by atoms with van der Waals surface area (Å²) in [5, 5.41) is 5.33. The monoisotopic (exact) mass is 363 g/mol. The van der Waals surface area contributed by atoms with Crippen molar-refractivity contribution >= 4 is 17.5 Å². The summed E-state index contributed by atoms with van der Waals surface area (Å²) in [6.45, 7) is 1.88. The number of hydrogen-bond donors (Lipinski definition) is 2. The molecule has 0 aliphatic heterocycles. The van der Waals surface area contributed by atoms with E-state index in [1.165, 1.54) is 36.5 Å². The Morgan fingerprint density at radius 3 is 2.41 bits per heavy atom. The van der Waals surface area contributed by atoms with Gasteiger partial charge in [0.1, 0.15) is 11.5 Å². The molecule has 0 saturated carbocycles. The highest BCUT2D eigenvalue weighted by Gasteiger charge is 2.15. The van der Waals surface area contributed by atoms with Crippen LogP contribution in [0.4, 0.5) is 10.1 Å². The molecule has 1 unspecified atom stereocenters. The fourth-order valence-electron chi connectivity index (χ4n) is 2.55. The van der Waals surface area contributed by atoms with Crippen molar-refractivity contribution in [1.82, 2.24) is 10.3 Å².